The predicted octanol–water partition coefficient (Wildman–Crippen LogP) is 2.24. The molecule has 0 aliphatic carbocycles. The second-order valence-corrected chi connectivity index (χ2v) is 3.87. The maximum atomic E-state index is 11.1. The van der Waals surface area contributed by atoms with Crippen LogP contribution in [-0.4, -0.2) is 28.2 Å². The molecule has 0 aliphatic heterocycles. The Kier molecular flexibility index (Phi) is 3.61. The summed E-state index contributed by atoms with van der Waals surface area (Å²) in [5, 5.41) is 12.0. The zero-order valence-electron chi connectivity index (χ0n) is 10.5. The van der Waals surface area contributed by atoms with E-state index in [1.54, 1.807) is 38.3 Å². The van der Waals surface area contributed by atoms with Gasteiger partial charge in [-0.2, -0.15) is 0 Å². The van der Waals surface area contributed by atoms with E-state index in [0.717, 1.165) is 5.75 Å². The standard InChI is InChI=1S/C13H13N3O3/c1-8-7-14-11(13(17)18)12(15-8)16-9-3-5-10(19-2)6-4-9/h3-7H,1-2H3,(H,15,16)(H,17,18). The van der Waals surface area contributed by atoms with Crippen LogP contribution in [-0.2, 0) is 0 Å². The maximum Gasteiger partial charge on any atom is 0.358 e. The number of nitrogens with one attached hydrogen (secondary N) is 1. The van der Waals surface area contributed by atoms with Gasteiger partial charge in [0, 0.05) is 11.9 Å². The first-order valence-corrected chi connectivity index (χ1v) is 5.58. The third-order valence-corrected chi connectivity index (χ3v) is 2.45. The van der Waals surface area contributed by atoms with Crippen LogP contribution < -0.4 is 10.1 Å². The first-order chi connectivity index (χ1) is 9.10. The highest BCUT2D eigenvalue weighted by Gasteiger charge is 2.13. The summed E-state index contributed by atoms with van der Waals surface area (Å²) < 4.78 is 5.05. The topological polar surface area (TPSA) is 84.3 Å². The Hall–Kier alpha value is -2.63. The number of anilines is 2. The van der Waals surface area contributed by atoms with Crippen LogP contribution >= 0.6 is 0 Å². The van der Waals surface area contributed by atoms with E-state index in [1.165, 1.54) is 6.20 Å². The van der Waals surface area contributed by atoms with Crippen molar-refractivity contribution in [2.24, 2.45) is 0 Å². The number of methoxy groups -OCH3 is 1. The first kappa shape index (κ1) is 12.8. The number of nitrogens with zero attached hydrogens (tertiary/aromatic N) is 2. The molecule has 6 nitrogen and oxygen atoms in total. The molecular formula is C13H13N3O3. The van der Waals surface area contributed by atoms with Crippen LogP contribution in [0, 0.1) is 6.92 Å². The van der Waals surface area contributed by atoms with Crippen LogP contribution in [0.4, 0.5) is 11.5 Å². The van der Waals surface area contributed by atoms with Crippen molar-refractivity contribution < 1.29 is 14.6 Å². The fourth-order valence-electron chi connectivity index (χ4n) is 1.53. The summed E-state index contributed by atoms with van der Waals surface area (Å²) in [6.45, 7) is 1.75. The van der Waals surface area contributed by atoms with Gasteiger partial charge in [0.2, 0.25) is 0 Å². The van der Waals surface area contributed by atoms with Gasteiger partial charge in [0.15, 0.2) is 11.5 Å². The van der Waals surface area contributed by atoms with E-state index in [2.05, 4.69) is 15.3 Å². The lowest BCUT2D eigenvalue weighted by Gasteiger charge is -2.09. The summed E-state index contributed by atoms with van der Waals surface area (Å²) in [5.41, 5.74) is 1.24. The minimum atomic E-state index is -1.12. The number of carboxylic acid groups (broad SMARTS) is 1. The van der Waals surface area contributed by atoms with Crippen molar-refractivity contribution in [3.05, 3.63) is 41.9 Å². The first-order valence-electron chi connectivity index (χ1n) is 5.58. The highest BCUT2D eigenvalue weighted by Crippen LogP contribution is 2.20. The summed E-state index contributed by atoms with van der Waals surface area (Å²) in [6.07, 6.45) is 1.42. The second-order valence-electron chi connectivity index (χ2n) is 3.87. The van der Waals surface area contributed by atoms with Gasteiger partial charge in [-0.1, -0.05) is 0 Å². The lowest BCUT2D eigenvalue weighted by Crippen LogP contribution is -2.08. The number of rotatable bonds is 4. The van der Waals surface area contributed by atoms with Crippen LogP contribution in [0.5, 0.6) is 5.75 Å². The number of carbonyl (C=O) groups is 1. The number of ether oxygens (including phenoxy) is 1. The largest absolute Gasteiger partial charge is 0.497 e. The van der Waals surface area contributed by atoms with Gasteiger partial charge in [-0.25, -0.2) is 14.8 Å². The number of aromatic nitrogens is 2. The van der Waals surface area contributed by atoms with Crippen molar-refractivity contribution in [2.75, 3.05) is 12.4 Å². The fraction of sp³-hybridized carbons (Fsp3) is 0.154. The van der Waals surface area contributed by atoms with E-state index in [9.17, 15) is 4.79 Å². The van der Waals surface area contributed by atoms with Gasteiger partial charge in [-0.05, 0) is 31.2 Å². The van der Waals surface area contributed by atoms with Crippen LogP contribution in [0.3, 0.4) is 0 Å². The summed E-state index contributed by atoms with van der Waals surface area (Å²) in [4.78, 5) is 19.1. The molecule has 0 fully saturated rings. The SMILES string of the molecule is COc1ccc(Nc2nc(C)cnc2C(=O)O)cc1. The zero-order valence-corrected chi connectivity index (χ0v) is 10.5. The molecule has 0 saturated heterocycles. The summed E-state index contributed by atoms with van der Waals surface area (Å²) in [5.74, 6) is -0.180. The highest BCUT2D eigenvalue weighted by molar-refractivity contribution is 5.91. The van der Waals surface area contributed by atoms with E-state index >= 15 is 0 Å². The van der Waals surface area contributed by atoms with Crippen molar-refractivity contribution in [1.82, 2.24) is 9.97 Å². The molecule has 0 bridgehead atoms. The molecule has 0 spiro atoms. The molecule has 19 heavy (non-hydrogen) atoms. The molecule has 0 saturated carbocycles. The lowest BCUT2D eigenvalue weighted by molar-refractivity contribution is 0.0691. The van der Waals surface area contributed by atoms with E-state index in [1.807, 2.05) is 0 Å². The number of hydrogen-bond donors (Lipinski definition) is 2. The molecule has 0 amide bonds. The van der Waals surface area contributed by atoms with Gasteiger partial charge in [-0.3, -0.25) is 0 Å². The third kappa shape index (κ3) is 2.98. The average Bonchev–Trinajstić information content (AvgIpc) is 2.39. The Morgan fingerprint density at radius 1 is 1.32 bits per heavy atom. The lowest BCUT2D eigenvalue weighted by atomic mass is 10.3. The minimum absolute atomic E-state index is 0.110. The number of aryl methyl sites for hydroxylation is 1. The molecule has 2 N–H and O–H groups in total. The van der Waals surface area contributed by atoms with Crippen molar-refractivity contribution in [1.29, 1.82) is 0 Å². The highest BCUT2D eigenvalue weighted by atomic mass is 16.5. The van der Waals surface area contributed by atoms with Crippen LogP contribution in [0.2, 0.25) is 0 Å². The second kappa shape index (κ2) is 5.34. The predicted molar refractivity (Wildman–Crippen MR) is 70.0 cm³/mol. The van der Waals surface area contributed by atoms with E-state index in [0.29, 0.717) is 11.4 Å². The van der Waals surface area contributed by atoms with E-state index < -0.39 is 5.97 Å². The molecule has 1 aromatic heterocycles. The van der Waals surface area contributed by atoms with E-state index in [4.69, 9.17) is 9.84 Å². The molecule has 98 valence electrons. The molecule has 0 aliphatic rings. The van der Waals surface area contributed by atoms with Gasteiger partial charge in [-0.15, -0.1) is 0 Å². The molecule has 1 heterocycles. The Balaban J connectivity index is 2.31. The minimum Gasteiger partial charge on any atom is -0.497 e. The van der Waals surface area contributed by atoms with Crippen LogP contribution in [0.15, 0.2) is 30.5 Å². The van der Waals surface area contributed by atoms with Gasteiger partial charge < -0.3 is 15.2 Å². The quantitative estimate of drug-likeness (QED) is 0.875. The van der Waals surface area contributed by atoms with Crippen molar-refractivity contribution in [3.63, 3.8) is 0 Å². The monoisotopic (exact) mass is 259 g/mol. The Labute approximate surface area is 110 Å². The molecule has 2 rings (SSSR count). The zero-order chi connectivity index (χ0) is 13.8. The van der Waals surface area contributed by atoms with Gasteiger partial charge in [0.25, 0.3) is 0 Å². The van der Waals surface area contributed by atoms with Gasteiger partial charge in [0.1, 0.15) is 5.75 Å². The Bertz CT molecular complexity index is 597. The normalized spacial score (nSPS) is 10.0. The molecule has 2 aromatic rings. The van der Waals surface area contributed by atoms with Crippen molar-refractivity contribution in [3.8, 4) is 5.75 Å². The summed E-state index contributed by atoms with van der Waals surface area (Å²) in [6, 6.07) is 7.08. The fourth-order valence-corrected chi connectivity index (χ4v) is 1.53. The number of benzene rings is 1. The molecule has 0 unspecified atom stereocenters. The van der Waals surface area contributed by atoms with Crippen LogP contribution in [0.1, 0.15) is 16.2 Å². The summed E-state index contributed by atoms with van der Waals surface area (Å²) in [7, 11) is 1.58. The van der Waals surface area contributed by atoms with Gasteiger partial charge >= 0.3 is 5.97 Å². The molecule has 1 aromatic carbocycles. The smallest absolute Gasteiger partial charge is 0.358 e. The molecule has 0 radical (unpaired) electrons. The number of aromatic carboxylic acids is 1. The number of hydrogen-bond acceptors (Lipinski definition) is 5. The van der Waals surface area contributed by atoms with Gasteiger partial charge in [0.05, 0.1) is 12.8 Å². The molecule has 6 heteroatoms. The van der Waals surface area contributed by atoms with Crippen molar-refractivity contribution >= 4 is 17.5 Å². The third-order valence-electron chi connectivity index (χ3n) is 2.45. The number of carboxylic acids is 1. The molecule has 0 atom stereocenters. The molecular weight excluding hydrogens is 246 g/mol. The Morgan fingerprint density at radius 3 is 2.58 bits per heavy atom. The maximum absolute atomic E-state index is 11.1. The Morgan fingerprint density at radius 2 is 2.00 bits per heavy atom. The summed E-state index contributed by atoms with van der Waals surface area (Å²) >= 11 is 0. The van der Waals surface area contributed by atoms with Crippen molar-refractivity contribution in [2.45, 2.75) is 6.92 Å². The van der Waals surface area contributed by atoms with Crippen LogP contribution in [0.25, 0.3) is 0 Å². The van der Waals surface area contributed by atoms with E-state index in [-0.39, 0.29) is 11.5 Å². The average molecular weight is 259 g/mol.